The lowest BCUT2D eigenvalue weighted by Crippen LogP contribution is -2.31. The molecule has 2 rings (SSSR count). The monoisotopic (exact) mass is 249 g/mol. The molecule has 3 heteroatoms. The lowest BCUT2D eigenvalue weighted by atomic mass is 9.95. The van der Waals surface area contributed by atoms with Gasteiger partial charge in [-0.1, -0.05) is 6.92 Å². The average Bonchev–Trinajstić information content (AvgIpc) is 2.79. The summed E-state index contributed by atoms with van der Waals surface area (Å²) in [5.41, 5.74) is 0.354. The van der Waals surface area contributed by atoms with Crippen LogP contribution in [0.1, 0.15) is 46.5 Å². The van der Waals surface area contributed by atoms with E-state index in [1.54, 1.807) is 0 Å². The molecule has 0 heterocycles. The number of ether oxygens (including phenoxy) is 1. The van der Waals surface area contributed by atoms with Crippen LogP contribution in [0.25, 0.3) is 0 Å². The number of rotatable bonds is 3. The zero-order valence-electron chi connectivity index (χ0n) is 11.6. The molecule has 2 aliphatic carbocycles. The standard InChI is InChI=1S/C15H23NO2/c1-11(2)16-14(17)18-10-13-12-8-6-4-5-7-9-15(12,13)3/h11-13H,6-10H2,1-3H3,(H,16,17)/t12-,13+,15-/m0/s1. The van der Waals surface area contributed by atoms with Crippen LogP contribution in [0, 0.1) is 29.1 Å². The predicted molar refractivity (Wildman–Crippen MR) is 71.0 cm³/mol. The van der Waals surface area contributed by atoms with E-state index in [1.807, 2.05) is 13.8 Å². The Hall–Kier alpha value is -1.17. The number of hydrogen-bond acceptors (Lipinski definition) is 2. The second kappa shape index (κ2) is 5.22. The second-order valence-corrected chi connectivity index (χ2v) is 6.01. The largest absolute Gasteiger partial charge is 0.449 e. The Kier molecular flexibility index (Phi) is 3.85. The smallest absolute Gasteiger partial charge is 0.407 e. The van der Waals surface area contributed by atoms with Crippen molar-refractivity contribution in [2.75, 3.05) is 6.61 Å². The van der Waals surface area contributed by atoms with E-state index in [9.17, 15) is 4.79 Å². The van der Waals surface area contributed by atoms with E-state index in [0.717, 1.165) is 25.7 Å². The summed E-state index contributed by atoms with van der Waals surface area (Å²) in [7, 11) is 0. The number of amides is 1. The number of carbonyl (C=O) groups excluding carboxylic acids is 1. The molecule has 1 N–H and O–H groups in total. The lowest BCUT2D eigenvalue weighted by molar-refractivity contribution is 0.132. The van der Waals surface area contributed by atoms with Gasteiger partial charge in [-0.2, -0.15) is 0 Å². The Morgan fingerprint density at radius 2 is 2.17 bits per heavy atom. The summed E-state index contributed by atoms with van der Waals surface area (Å²) in [4.78, 5) is 11.5. The van der Waals surface area contributed by atoms with Crippen molar-refractivity contribution in [3.63, 3.8) is 0 Å². The van der Waals surface area contributed by atoms with Gasteiger partial charge in [0.1, 0.15) is 0 Å². The minimum atomic E-state index is -0.288. The summed E-state index contributed by atoms with van der Waals surface area (Å²) in [5, 5.41) is 2.76. The molecule has 3 nitrogen and oxygen atoms in total. The van der Waals surface area contributed by atoms with Gasteiger partial charge in [-0.3, -0.25) is 0 Å². The van der Waals surface area contributed by atoms with Gasteiger partial charge in [0.15, 0.2) is 0 Å². The maximum atomic E-state index is 11.5. The van der Waals surface area contributed by atoms with Crippen LogP contribution < -0.4 is 5.32 Å². The third kappa shape index (κ3) is 2.80. The van der Waals surface area contributed by atoms with Crippen molar-refractivity contribution in [2.45, 2.75) is 52.5 Å². The molecule has 0 saturated heterocycles. The Morgan fingerprint density at radius 3 is 2.89 bits per heavy atom. The SMILES string of the molecule is CC(C)NC(=O)OC[C@@H]1[C@@H]2CCC#CCC[C@]12C. The summed E-state index contributed by atoms with van der Waals surface area (Å²) in [6, 6.07) is 0.134. The first kappa shape index (κ1) is 13.3. The zero-order valence-corrected chi connectivity index (χ0v) is 11.6. The molecule has 1 saturated carbocycles. The lowest BCUT2D eigenvalue weighted by Gasteiger charge is -2.12. The second-order valence-electron chi connectivity index (χ2n) is 6.01. The van der Waals surface area contributed by atoms with Gasteiger partial charge >= 0.3 is 6.09 Å². The molecule has 2 aliphatic rings. The molecule has 1 amide bonds. The number of fused-ring (bicyclic) bond motifs is 1. The molecule has 0 spiro atoms. The minimum Gasteiger partial charge on any atom is -0.449 e. The molecule has 0 aromatic carbocycles. The first-order chi connectivity index (χ1) is 8.54. The van der Waals surface area contributed by atoms with E-state index >= 15 is 0 Å². The molecule has 0 unspecified atom stereocenters. The Balaban J connectivity index is 1.80. The van der Waals surface area contributed by atoms with Crippen molar-refractivity contribution in [3.05, 3.63) is 0 Å². The van der Waals surface area contributed by atoms with Crippen LogP contribution in [0.2, 0.25) is 0 Å². The molecular formula is C15H23NO2. The molecule has 0 aromatic rings. The fourth-order valence-electron chi connectivity index (χ4n) is 3.15. The minimum absolute atomic E-state index is 0.134. The number of alkyl carbamates (subject to hydrolysis) is 1. The van der Waals surface area contributed by atoms with Crippen LogP contribution in [0.15, 0.2) is 0 Å². The first-order valence-electron chi connectivity index (χ1n) is 6.93. The van der Waals surface area contributed by atoms with Gasteiger partial charge < -0.3 is 10.1 Å². The third-order valence-corrected chi connectivity index (χ3v) is 4.37. The molecule has 100 valence electrons. The molecule has 1 fully saturated rings. The van der Waals surface area contributed by atoms with Gasteiger partial charge in [-0.25, -0.2) is 4.79 Å². The fourth-order valence-corrected chi connectivity index (χ4v) is 3.15. The van der Waals surface area contributed by atoms with Gasteiger partial charge in [-0.15, -0.1) is 11.8 Å². The van der Waals surface area contributed by atoms with Gasteiger partial charge in [0.05, 0.1) is 6.61 Å². The Bertz CT molecular complexity index is 380. The average molecular weight is 249 g/mol. The van der Waals surface area contributed by atoms with Gasteiger partial charge in [0, 0.05) is 24.8 Å². The zero-order chi connectivity index (χ0) is 13.2. The van der Waals surface area contributed by atoms with E-state index < -0.39 is 0 Å². The summed E-state index contributed by atoms with van der Waals surface area (Å²) < 4.78 is 5.32. The van der Waals surface area contributed by atoms with Crippen molar-refractivity contribution in [1.82, 2.24) is 5.32 Å². The van der Waals surface area contributed by atoms with E-state index in [-0.39, 0.29) is 12.1 Å². The molecule has 0 radical (unpaired) electrons. The van der Waals surface area contributed by atoms with Crippen molar-refractivity contribution in [2.24, 2.45) is 17.3 Å². The molecule has 0 bridgehead atoms. The van der Waals surface area contributed by atoms with Crippen molar-refractivity contribution in [3.8, 4) is 11.8 Å². The molecule has 3 atom stereocenters. The molecular weight excluding hydrogens is 226 g/mol. The van der Waals surface area contributed by atoms with Crippen LogP contribution in [-0.4, -0.2) is 18.7 Å². The highest BCUT2D eigenvalue weighted by Gasteiger charge is 2.60. The maximum Gasteiger partial charge on any atom is 0.407 e. The highest BCUT2D eigenvalue weighted by Crippen LogP contribution is 2.63. The number of carbonyl (C=O) groups is 1. The van der Waals surface area contributed by atoms with Crippen LogP contribution >= 0.6 is 0 Å². The van der Waals surface area contributed by atoms with Crippen LogP contribution in [-0.2, 0) is 4.74 Å². The number of hydrogen-bond donors (Lipinski definition) is 1. The van der Waals surface area contributed by atoms with E-state index in [2.05, 4.69) is 24.1 Å². The summed E-state index contributed by atoms with van der Waals surface area (Å²) in [6.45, 7) is 6.75. The van der Waals surface area contributed by atoms with Gasteiger partial charge in [0.2, 0.25) is 0 Å². The molecule has 18 heavy (non-hydrogen) atoms. The van der Waals surface area contributed by atoms with Crippen LogP contribution in [0.5, 0.6) is 0 Å². The van der Waals surface area contributed by atoms with Crippen LogP contribution in [0.4, 0.5) is 4.79 Å². The van der Waals surface area contributed by atoms with Gasteiger partial charge in [0.25, 0.3) is 0 Å². The van der Waals surface area contributed by atoms with E-state index in [0.29, 0.717) is 23.9 Å². The summed E-state index contributed by atoms with van der Waals surface area (Å²) >= 11 is 0. The van der Waals surface area contributed by atoms with Crippen molar-refractivity contribution >= 4 is 6.09 Å². The first-order valence-corrected chi connectivity index (χ1v) is 6.93. The third-order valence-electron chi connectivity index (χ3n) is 4.37. The van der Waals surface area contributed by atoms with Crippen molar-refractivity contribution < 1.29 is 9.53 Å². The maximum absolute atomic E-state index is 11.5. The fraction of sp³-hybridized carbons (Fsp3) is 0.800. The van der Waals surface area contributed by atoms with E-state index in [4.69, 9.17) is 4.74 Å². The Morgan fingerprint density at radius 1 is 1.44 bits per heavy atom. The topological polar surface area (TPSA) is 38.3 Å². The van der Waals surface area contributed by atoms with Crippen LogP contribution in [0.3, 0.4) is 0 Å². The molecule has 0 aromatic heterocycles. The van der Waals surface area contributed by atoms with Crippen molar-refractivity contribution in [1.29, 1.82) is 0 Å². The quantitative estimate of drug-likeness (QED) is 0.781. The highest BCUT2D eigenvalue weighted by molar-refractivity contribution is 5.67. The predicted octanol–water partition coefficient (Wildman–Crippen LogP) is 2.95. The summed E-state index contributed by atoms with van der Waals surface area (Å²) in [6.07, 6.45) is 3.99. The summed E-state index contributed by atoms with van der Waals surface area (Å²) in [5.74, 6) is 7.63. The normalized spacial score (nSPS) is 33.6. The van der Waals surface area contributed by atoms with Gasteiger partial charge in [-0.05, 0) is 38.0 Å². The van der Waals surface area contributed by atoms with E-state index in [1.165, 1.54) is 0 Å². The number of nitrogens with one attached hydrogen (secondary N) is 1. The Labute approximate surface area is 110 Å². The molecule has 0 aliphatic heterocycles. The highest BCUT2D eigenvalue weighted by atomic mass is 16.5.